The van der Waals surface area contributed by atoms with Crippen LogP contribution in [0.3, 0.4) is 0 Å². The lowest BCUT2D eigenvalue weighted by Gasteiger charge is -2.22. The molecule has 1 aliphatic heterocycles. The van der Waals surface area contributed by atoms with Gasteiger partial charge in [0.1, 0.15) is 17.6 Å². The highest BCUT2D eigenvalue weighted by molar-refractivity contribution is 5.76. The predicted molar refractivity (Wildman–Crippen MR) is 92.8 cm³/mol. The molecule has 1 fully saturated rings. The number of nitrogens with zero attached hydrogens (tertiary/aromatic N) is 3. The van der Waals surface area contributed by atoms with E-state index in [2.05, 4.69) is 25.5 Å². The van der Waals surface area contributed by atoms with E-state index in [0.29, 0.717) is 36.8 Å². The van der Waals surface area contributed by atoms with Crippen molar-refractivity contribution in [2.45, 2.75) is 18.9 Å². The standard InChI is InChI=1S/C18H17N5O3/c24-17-5-2-14(10-20-17)26-18-6-3-13(11-21-18)25-12-1-4-15(19-9-12)16-7-8-22-23-16/h1,3-4,6-9,11,14H,2,5,10H2,(H,20,24)(H,22,23)/t14-/m1/s1. The van der Waals surface area contributed by atoms with E-state index < -0.39 is 0 Å². The number of piperidine rings is 1. The topological polar surface area (TPSA) is 102 Å². The molecule has 1 amide bonds. The van der Waals surface area contributed by atoms with Gasteiger partial charge in [-0.05, 0) is 30.7 Å². The summed E-state index contributed by atoms with van der Waals surface area (Å²) in [6.45, 7) is 0.507. The first-order valence-electron chi connectivity index (χ1n) is 8.29. The van der Waals surface area contributed by atoms with Crippen LogP contribution in [0.1, 0.15) is 12.8 Å². The lowest BCUT2D eigenvalue weighted by molar-refractivity contribution is -0.123. The van der Waals surface area contributed by atoms with Gasteiger partial charge in [-0.1, -0.05) is 0 Å². The second-order valence-corrected chi connectivity index (χ2v) is 5.87. The maximum atomic E-state index is 11.2. The normalized spacial score (nSPS) is 16.8. The van der Waals surface area contributed by atoms with Crippen molar-refractivity contribution in [1.29, 1.82) is 0 Å². The van der Waals surface area contributed by atoms with Crippen LogP contribution < -0.4 is 14.8 Å². The summed E-state index contributed by atoms with van der Waals surface area (Å²) in [6, 6.07) is 9.07. The predicted octanol–water partition coefficient (Wildman–Crippen LogP) is 2.32. The van der Waals surface area contributed by atoms with Crippen LogP contribution >= 0.6 is 0 Å². The fourth-order valence-electron chi connectivity index (χ4n) is 2.61. The number of aromatic amines is 1. The smallest absolute Gasteiger partial charge is 0.220 e. The second-order valence-electron chi connectivity index (χ2n) is 5.87. The first-order valence-corrected chi connectivity index (χ1v) is 8.29. The van der Waals surface area contributed by atoms with E-state index in [9.17, 15) is 4.79 Å². The van der Waals surface area contributed by atoms with E-state index in [1.165, 1.54) is 0 Å². The Morgan fingerprint density at radius 1 is 1.04 bits per heavy atom. The van der Waals surface area contributed by atoms with Crippen LogP contribution in [0.5, 0.6) is 17.4 Å². The van der Waals surface area contributed by atoms with Crippen molar-refractivity contribution in [3.63, 3.8) is 0 Å². The van der Waals surface area contributed by atoms with Gasteiger partial charge in [0.15, 0.2) is 0 Å². The molecular weight excluding hydrogens is 334 g/mol. The van der Waals surface area contributed by atoms with Gasteiger partial charge < -0.3 is 14.8 Å². The highest BCUT2D eigenvalue weighted by atomic mass is 16.5. The van der Waals surface area contributed by atoms with E-state index in [1.54, 1.807) is 30.7 Å². The Bertz CT molecular complexity index is 853. The molecule has 4 rings (SSSR count). The zero-order chi connectivity index (χ0) is 17.8. The molecule has 8 nitrogen and oxygen atoms in total. The zero-order valence-electron chi connectivity index (χ0n) is 13.9. The summed E-state index contributed by atoms with van der Waals surface area (Å²) in [5, 5.41) is 9.55. The minimum Gasteiger partial charge on any atom is -0.472 e. The summed E-state index contributed by atoms with van der Waals surface area (Å²) in [7, 11) is 0. The van der Waals surface area contributed by atoms with E-state index in [1.807, 2.05) is 18.2 Å². The summed E-state index contributed by atoms with van der Waals surface area (Å²) in [5.74, 6) is 1.77. The molecule has 0 unspecified atom stereocenters. The van der Waals surface area contributed by atoms with Gasteiger partial charge in [-0.2, -0.15) is 5.10 Å². The number of nitrogens with one attached hydrogen (secondary N) is 2. The third kappa shape index (κ3) is 3.80. The lowest BCUT2D eigenvalue weighted by Crippen LogP contribution is -2.40. The van der Waals surface area contributed by atoms with Crippen molar-refractivity contribution in [2.75, 3.05) is 6.54 Å². The van der Waals surface area contributed by atoms with Crippen LogP contribution in [0.25, 0.3) is 11.4 Å². The van der Waals surface area contributed by atoms with E-state index in [-0.39, 0.29) is 12.0 Å². The van der Waals surface area contributed by atoms with Crippen molar-refractivity contribution in [1.82, 2.24) is 25.5 Å². The summed E-state index contributed by atoms with van der Waals surface area (Å²) in [6.07, 6.45) is 6.04. The van der Waals surface area contributed by atoms with Crippen molar-refractivity contribution in [3.05, 3.63) is 48.9 Å². The number of pyridine rings is 2. The fraction of sp³-hybridized carbons (Fsp3) is 0.222. The highest BCUT2D eigenvalue weighted by Crippen LogP contribution is 2.24. The monoisotopic (exact) mass is 351 g/mol. The number of amides is 1. The van der Waals surface area contributed by atoms with Gasteiger partial charge in [-0.25, -0.2) is 4.98 Å². The Morgan fingerprint density at radius 2 is 1.88 bits per heavy atom. The van der Waals surface area contributed by atoms with Gasteiger partial charge in [-0.3, -0.25) is 14.9 Å². The summed E-state index contributed by atoms with van der Waals surface area (Å²) in [5.41, 5.74) is 1.63. The average molecular weight is 351 g/mol. The Kier molecular flexibility index (Phi) is 4.46. The fourth-order valence-corrected chi connectivity index (χ4v) is 2.61. The average Bonchev–Trinajstić information content (AvgIpc) is 3.21. The Morgan fingerprint density at radius 3 is 2.50 bits per heavy atom. The quantitative estimate of drug-likeness (QED) is 0.731. The van der Waals surface area contributed by atoms with Crippen molar-refractivity contribution >= 4 is 5.91 Å². The van der Waals surface area contributed by atoms with Gasteiger partial charge in [0.25, 0.3) is 0 Å². The molecule has 0 saturated carbocycles. The van der Waals surface area contributed by atoms with Gasteiger partial charge in [0, 0.05) is 18.7 Å². The summed E-state index contributed by atoms with van der Waals surface area (Å²) in [4.78, 5) is 19.8. The largest absolute Gasteiger partial charge is 0.472 e. The van der Waals surface area contributed by atoms with Crippen LogP contribution in [-0.4, -0.2) is 38.7 Å². The Hall–Kier alpha value is -3.42. The van der Waals surface area contributed by atoms with E-state index in [4.69, 9.17) is 9.47 Å². The minimum absolute atomic E-state index is 0.0498. The molecule has 0 aliphatic carbocycles. The Labute approximate surface area is 149 Å². The third-order valence-corrected chi connectivity index (χ3v) is 3.97. The zero-order valence-corrected chi connectivity index (χ0v) is 13.9. The lowest BCUT2D eigenvalue weighted by atomic mass is 10.1. The summed E-state index contributed by atoms with van der Waals surface area (Å²) >= 11 is 0. The highest BCUT2D eigenvalue weighted by Gasteiger charge is 2.19. The van der Waals surface area contributed by atoms with Crippen molar-refractivity contribution in [2.24, 2.45) is 0 Å². The van der Waals surface area contributed by atoms with Crippen LogP contribution in [0, 0.1) is 0 Å². The molecule has 3 aromatic heterocycles. The first kappa shape index (κ1) is 16.1. The number of rotatable bonds is 5. The van der Waals surface area contributed by atoms with Crippen molar-refractivity contribution in [3.8, 4) is 28.8 Å². The number of hydrogen-bond donors (Lipinski definition) is 2. The second kappa shape index (κ2) is 7.22. The van der Waals surface area contributed by atoms with Gasteiger partial charge in [0.05, 0.1) is 30.3 Å². The van der Waals surface area contributed by atoms with Crippen LogP contribution in [-0.2, 0) is 4.79 Å². The summed E-state index contributed by atoms with van der Waals surface area (Å²) < 4.78 is 11.5. The maximum Gasteiger partial charge on any atom is 0.220 e. The molecule has 4 heterocycles. The SMILES string of the molecule is O=C1CC[C@@H](Oc2ccc(Oc3ccc(-c4ccn[nH]4)nc3)cn2)CN1. The molecule has 0 bridgehead atoms. The number of carbonyl (C=O) groups excluding carboxylic acids is 1. The molecule has 3 aromatic rings. The molecule has 8 heteroatoms. The molecule has 0 aromatic carbocycles. The molecule has 1 atom stereocenters. The number of hydrogen-bond acceptors (Lipinski definition) is 6. The maximum absolute atomic E-state index is 11.2. The van der Waals surface area contributed by atoms with Crippen LogP contribution in [0.2, 0.25) is 0 Å². The van der Waals surface area contributed by atoms with Gasteiger partial charge in [-0.15, -0.1) is 0 Å². The number of carbonyl (C=O) groups is 1. The van der Waals surface area contributed by atoms with Crippen molar-refractivity contribution < 1.29 is 14.3 Å². The molecule has 0 radical (unpaired) electrons. The molecule has 2 N–H and O–H groups in total. The van der Waals surface area contributed by atoms with Gasteiger partial charge in [0.2, 0.25) is 11.8 Å². The number of H-pyrrole nitrogens is 1. The van der Waals surface area contributed by atoms with E-state index in [0.717, 1.165) is 11.4 Å². The van der Waals surface area contributed by atoms with E-state index >= 15 is 0 Å². The molecule has 1 aliphatic rings. The van der Waals surface area contributed by atoms with Crippen LogP contribution in [0.4, 0.5) is 0 Å². The molecule has 132 valence electrons. The first-order chi connectivity index (χ1) is 12.8. The van der Waals surface area contributed by atoms with Gasteiger partial charge >= 0.3 is 0 Å². The molecule has 0 spiro atoms. The number of ether oxygens (including phenoxy) is 2. The molecule has 26 heavy (non-hydrogen) atoms. The third-order valence-electron chi connectivity index (χ3n) is 3.97. The number of aromatic nitrogens is 4. The Balaban J connectivity index is 1.36. The molecule has 1 saturated heterocycles. The van der Waals surface area contributed by atoms with Crippen LogP contribution in [0.15, 0.2) is 48.9 Å². The minimum atomic E-state index is -0.0498. The molecular formula is C18H17N5O3.